The number of piperidine rings is 1. The summed E-state index contributed by atoms with van der Waals surface area (Å²) in [5, 5.41) is 3.35. The lowest BCUT2D eigenvalue weighted by Gasteiger charge is -2.29. The van der Waals surface area contributed by atoms with Gasteiger partial charge in [-0.2, -0.15) is 4.31 Å². The molecule has 21 heavy (non-hydrogen) atoms. The van der Waals surface area contributed by atoms with Crippen LogP contribution in [0.2, 0.25) is 0 Å². The van der Waals surface area contributed by atoms with Crippen LogP contribution < -0.4 is 5.32 Å². The second kappa shape index (κ2) is 7.22. The third kappa shape index (κ3) is 4.06. The summed E-state index contributed by atoms with van der Waals surface area (Å²) in [7, 11) is -3.30. The first kappa shape index (κ1) is 16.9. The van der Waals surface area contributed by atoms with Crippen molar-refractivity contribution in [3.05, 3.63) is 16.5 Å². The zero-order valence-electron chi connectivity index (χ0n) is 13.2. The van der Waals surface area contributed by atoms with Crippen LogP contribution in [0.1, 0.15) is 43.6 Å². The summed E-state index contributed by atoms with van der Waals surface area (Å²) in [5.74, 6) is 0.459. The zero-order valence-corrected chi connectivity index (χ0v) is 14.8. The van der Waals surface area contributed by atoms with Crippen molar-refractivity contribution in [2.24, 2.45) is 5.92 Å². The van der Waals surface area contributed by atoms with E-state index in [4.69, 9.17) is 0 Å². The van der Waals surface area contributed by atoms with E-state index in [1.165, 1.54) is 11.3 Å². The van der Waals surface area contributed by atoms with E-state index in [9.17, 15) is 8.42 Å². The van der Waals surface area contributed by atoms with E-state index < -0.39 is 10.0 Å². The Kier molecular flexibility index (Phi) is 5.82. The third-order valence-electron chi connectivity index (χ3n) is 3.92. The van der Waals surface area contributed by atoms with E-state index >= 15 is 0 Å². The molecule has 1 unspecified atom stereocenters. The minimum atomic E-state index is -3.30. The normalized spacial score (nSPS) is 20.8. The Morgan fingerprint density at radius 3 is 2.90 bits per heavy atom. The molecular formula is C15H26N2O2S2. The zero-order chi connectivity index (χ0) is 15.5. The van der Waals surface area contributed by atoms with Crippen molar-refractivity contribution >= 4 is 21.4 Å². The van der Waals surface area contributed by atoms with E-state index in [2.05, 4.69) is 19.2 Å². The molecule has 1 aromatic heterocycles. The fraction of sp³-hybridized carbons (Fsp3) is 0.733. The first-order valence-corrected chi connectivity index (χ1v) is 10.0. The Balaban J connectivity index is 2.14. The first-order chi connectivity index (χ1) is 9.95. The van der Waals surface area contributed by atoms with Gasteiger partial charge in [0.1, 0.15) is 4.21 Å². The maximum atomic E-state index is 12.7. The van der Waals surface area contributed by atoms with Gasteiger partial charge in [0, 0.05) is 24.5 Å². The van der Waals surface area contributed by atoms with Gasteiger partial charge in [0.2, 0.25) is 0 Å². The largest absolute Gasteiger partial charge is 0.312 e. The van der Waals surface area contributed by atoms with Gasteiger partial charge in [0.25, 0.3) is 10.0 Å². The van der Waals surface area contributed by atoms with Crippen molar-refractivity contribution < 1.29 is 8.42 Å². The maximum Gasteiger partial charge on any atom is 0.252 e. The SMILES string of the molecule is CCCNCc1sc(S(=O)(=O)N2CCCC(C)C2)cc1C. The van der Waals surface area contributed by atoms with Crippen LogP contribution in [0.4, 0.5) is 0 Å². The molecule has 0 aromatic carbocycles. The number of thiophene rings is 1. The summed E-state index contributed by atoms with van der Waals surface area (Å²) >= 11 is 1.42. The second-order valence-corrected chi connectivity index (χ2v) is 9.26. The lowest BCUT2D eigenvalue weighted by atomic mass is 10.0. The van der Waals surface area contributed by atoms with E-state index in [0.717, 1.165) is 42.8 Å². The minimum absolute atomic E-state index is 0.459. The van der Waals surface area contributed by atoms with Crippen molar-refractivity contribution in [1.82, 2.24) is 9.62 Å². The second-order valence-electron chi connectivity index (χ2n) is 5.96. The summed E-state index contributed by atoms with van der Waals surface area (Å²) in [4.78, 5) is 1.13. The standard InChI is InChI=1S/C15H26N2O2S2/c1-4-7-16-10-14-13(3)9-15(20-14)21(18,19)17-8-5-6-12(2)11-17/h9,12,16H,4-8,10-11H2,1-3H3. The van der Waals surface area contributed by atoms with E-state index in [1.54, 1.807) is 4.31 Å². The van der Waals surface area contributed by atoms with Gasteiger partial charge in [0.15, 0.2) is 0 Å². The molecule has 2 heterocycles. The molecule has 0 spiro atoms. The average Bonchev–Trinajstić information content (AvgIpc) is 2.81. The number of rotatable bonds is 6. The summed E-state index contributed by atoms with van der Waals surface area (Å²) in [5.41, 5.74) is 1.08. The van der Waals surface area contributed by atoms with Gasteiger partial charge in [-0.05, 0) is 50.3 Å². The van der Waals surface area contributed by atoms with Gasteiger partial charge in [-0.15, -0.1) is 11.3 Å². The van der Waals surface area contributed by atoms with Crippen molar-refractivity contribution in [2.75, 3.05) is 19.6 Å². The van der Waals surface area contributed by atoms with Crippen LogP contribution in [0.25, 0.3) is 0 Å². The van der Waals surface area contributed by atoms with Gasteiger partial charge in [-0.3, -0.25) is 0 Å². The maximum absolute atomic E-state index is 12.7. The molecular weight excluding hydrogens is 304 g/mol. The number of nitrogens with one attached hydrogen (secondary N) is 1. The summed E-state index contributed by atoms with van der Waals surface area (Å²) in [6.07, 6.45) is 3.18. The van der Waals surface area contributed by atoms with Gasteiger partial charge in [0.05, 0.1) is 0 Å². The molecule has 0 aliphatic carbocycles. The molecule has 0 bridgehead atoms. The predicted octanol–water partition coefficient (Wildman–Crippen LogP) is 2.98. The topological polar surface area (TPSA) is 49.4 Å². The summed E-state index contributed by atoms with van der Waals surface area (Å²) < 4.78 is 27.7. The van der Waals surface area contributed by atoms with Crippen LogP contribution in [0.5, 0.6) is 0 Å². The van der Waals surface area contributed by atoms with Crippen LogP contribution in [0.3, 0.4) is 0 Å². The molecule has 0 saturated carbocycles. The molecule has 1 fully saturated rings. The lowest BCUT2D eigenvalue weighted by Crippen LogP contribution is -2.38. The molecule has 0 amide bonds. The Morgan fingerprint density at radius 1 is 1.48 bits per heavy atom. The smallest absolute Gasteiger partial charge is 0.252 e. The number of sulfonamides is 1. The molecule has 1 N–H and O–H groups in total. The van der Waals surface area contributed by atoms with Gasteiger partial charge in [-0.25, -0.2) is 8.42 Å². The Bertz CT molecular complexity index is 566. The van der Waals surface area contributed by atoms with Crippen LogP contribution in [-0.2, 0) is 16.6 Å². The molecule has 1 aromatic rings. The number of aryl methyl sites for hydroxylation is 1. The molecule has 1 saturated heterocycles. The highest BCUT2D eigenvalue weighted by molar-refractivity contribution is 7.91. The molecule has 120 valence electrons. The highest BCUT2D eigenvalue weighted by Crippen LogP contribution is 2.30. The highest BCUT2D eigenvalue weighted by Gasteiger charge is 2.30. The predicted molar refractivity (Wildman–Crippen MR) is 88.2 cm³/mol. The summed E-state index contributed by atoms with van der Waals surface area (Å²) in [6, 6.07) is 1.84. The minimum Gasteiger partial charge on any atom is -0.312 e. The Morgan fingerprint density at radius 2 is 2.24 bits per heavy atom. The molecule has 1 aliphatic heterocycles. The molecule has 4 nitrogen and oxygen atoms in total. The molecule has 1 aliphatic rings. The van der Waals surface area contributed by atoms with E-state index in [0.29, 0.717) is 23.2 Å². The van der Waals surface area contributed by atoms with Crippen molar-refractivity contribution in [3.8, 4) is 0 Å². The summed E-state index contributed by atoms with van der Waals surface area (Å²) in [6.45, 7) is 9.29. The monoisotopic (exact) mass is 330 g/mol. The molecule has 2 rings (SSSR count). The Hall–Kier alpha value is -0.430. The average molecular weight is 331 g/mol. The van der Waals surface area contributed by atoms with Crippen molar-refractivity contribution in [3.63, 3.8) is 0 Å². The fourth-order valence-electron chi connectivity index (χ4n) is 2.66. The first-order valence-electron chi connectivity index (χ1n) is 7.75. The quantitative estimate of drug-likeness (QED) is 0.816. The van der Waals surface area contributed by atoms with E-state index in [-0.39, 0.29) is 0 Å². The highest BCUT2D eigenvalue weighted by atomic mass is 32.2. The molecule has 0 radical (unpaired) electrons. The van der Waals surface area contributed by atoms with Crippen molar-refractivity contribution in [1.29, 1.82) is 0 Å². The number of hydrogen-bond acceptors (Lipinski definition) is 4. The van der Waals surface area contributed by atoms with Gasteiger partial charge in [-0.1, -0.05) is 13.8 Å². The number of nitrogens with zero attached hydrogens (tertiary/aromatic N) is 1. The van der Waals surface area contributed by atoms with Crippen LogP contribution in [0, 0.1) is 12.8 Å². The lowest BCUT2D eigenvalue weighted by molar-refractivity contribution is 0.281. The van der Waals surface area contributed by atoms with Crippen LogP contribution in [-0.4, -0.2) is 32.4 Å². The number of hydrogen-bond donors (Lipinski definition) is 1. The van der Waals surface area contributed by atoms with Crippen molar-refractivity contribution in [2.45, 2.75) is 50.8 Å². The van der Waals surface area contributed by atoms with E-state index in [1.807, 2.05) is 13.0 Å². The third-order valence-corrected chi connectivity index (χ3v) is 7.48. The van der Waals surface area contributed by atoms with Crippen LogP contribution in [0.15, 0.2) is 10.3 Å². The van der Waals surface area contributed by atoms with Gasteiger partial charge >= 0.3 is 0 Å². The molecule has 6 heteroatoms. The van der Waals surface area contributed by atoms with Crippen LogP contribution >= 0.6 is 11.3 Å². The molecule has 1 atom stereocenters. The fourth-order valence-corrected chi connectivity index (χ4v) is 5.97. The Labute approximate surface area is 132 Å². The van der Waals surface area contributed by atoms with Gasteiger partial charge < -0.3 is 5.32 Å².